The molecule has 0 bridgehead atoms. The van der Waals surface area contributed by atoms with E-state index in [1.165, 1.54) is 0 Å². The van der Waals surface area contributed by atoms with Crippen LogP contribution in [0.25, 0.3) is 0 Å². The molecule has 1 fully saturated rings. The number of benzene rings is 1. The standard InChI is InChI=1S/C17H23ClN4O2/c1-2-19-16(23)11-21-5-7-22(8-6-21)17(24)15-10-12-9-13(18)3-4-14(12)20-15/h3-4,9,15,20H,2,5-8,10-11H2,1H3,(H,19,23)/t15-/m1/s1. The number of carbonyl (C=O) groups is 2. The topological polar surface area (TPSA) is 64.7 Å². The highest BCUT2D eigenvalue weighted by Gasteiger charge is 2.32. The minimum atomic E-state index is -0.214. The van der Waals surface area contributed by atoms with E-state index < -0.39 is 0 Å². The van der Waals surface area contributed by atoms with Gasteiger partial charge in [0.05, 0.1) is 6.54 Å². The van der Waals surface area contributed by atoms with E-state index in [4.69, 9.17) is 11.6 Å². The Kier molecular flexibility index (Phi) is 5.26. The number of hydrogen-bond acceptors (Lipinski definition) is 4. The summed E-state index contributed by atoms with van der Waals surface area (Å²) in [7, 11) is 0. The monoisotopic (exact) mass is 350 g/mol. The number of carbonyl (C=O) groups excluding carboxylic acids is 2. The molecule has 1 atom stereocenters. The van der Waals surface area contributed by atoms with Gasteiger partial charge >= 0.3 is 0 Å². The van der Waals surface area contributed by atoms with Crippen molar-refractivity contribution in [1.82, 2.24) is 15.1 Å². The Labute approximate surface area is 147 Å². The van der Waals surface area contributed by atoms with Gasteiger partial charge in [-0.15, -0.1) is 0 Å². The van der Waals surface area contributed by atoms with E-state index in [2.05, 4.69) is 15.5 Å². The molecule has 0 radical (unpaired) electrons. The van der Waals surface area contributed by atoms with Crippen LogP contribution in [0.5, 0.6) is 0 Å². The lowest BCUT2D eigenvalue weighted by Gasteiger charge is -2.35. The van der Waals surface area contributed by atoms with Crippen molar-refractivity contribution in [2.24, 2.45) is 0 Å². The zero-order valence-corrected chi connectivity index (χ0v) is 14.6. The molecule has 7 heteroatoms. The summed E-state index contributed by atoms with van der Waals surface area (Å²) < 4.78 is 0. The maximum atomic E-state index is 12.7. The molecule has 3 rings (SSSR count). The van der Waals surface area contributed by atoms with E-state index in [0.717, 1.165) is 24.3 Å². The van der Waals surface area contributed by atoms with Crippen molar-refractivity contribution >= 4 is 29.1 Å². The Balaban J connectivity index is 1.50. The second kappa shape index (κ2) is 7.40. The fourth-order valence-corrected chi connectivity index (χ4v) is 3.48. The summed E-state index contributed by atoms with van der Waals surface area (Å²) in [5, 5.41) is 6.79. The van der Waals surface area contributed by atoms with E-state index in [9.17, 15) is 9.59 Å². The molecule has 0 aliphatic carbocycles. The normalized spacial score (nSPS) is 20.4. The summed E-state index contributed by atoms with van der Waals surface area (Å²) in [5.74, 6) is 0.169. The van der Waals surface area contributed by atoms with Gasteiger partial charge in [-0.05, 0) is 30.7 Å². The fourth-order valence-electron chi connectivity index (χ4n) is 3.28. The van der Waals surface area contributed by atoms with Crippen LogP contribution in [-0.2, 0) is 16.0 Å². The molecule has 24 heavy (non-hydrogen) atoms. The van der Waals surface area contributed by atoms with Gasteiger partial charge in [0, 0.05) is 49.9 Å². The van der Waals surface area contributed by atoms with Gasteiger partial charge in [0.15, 0.2) is 0 Å². The molecule has 6 nitrogen and oxygen atoms in total. The molecule has 2 aliphatic heterocycles. The quantitative estimate of drug-likeness (QED) is 0.849. The number of hydrogen-bond donors (Lipinski definition) is 2. The number of fused-ring (bicyclic) bond motifs is 1. The molecule has 0 unspecified atom stereocenters. The first-order valence-corrected chi connectivity index (χ1v) is 8.77. The second-order valence-corrected chi connectivity index (χ2v) is 6.69. The van der Waals surface area contributed by atoms with Crippen LogP contribution in [-0.4, -0.2) is 66.9 Å². The van der Waals surface area contributed by atoms with Crippen LogP contribution in [0.4, 0.5) is 5.69 Å². The molecular formula is C17H23ClN4O2. The number of halogens is 1. The summed E-state index contributed by atoms with van der Waals surface area (Å²) in [6, 6.07) is 5.46. The maximum absolute atomic E-state index is 12.7. The Bertz CT molecular complexity index is 629. The van der Waals surface area contributed by atoms with E-state index >= 15 is 0 Å². The van der Waals surface area contributed by atoms with E-state index in [-0.39, 0.29) is 17.9 Å². The van der Waals surface area contributed by atoms with Crippen LogP contribution in [0.1, 0.15) is 12.5 Å². The number of likely N-dealkylation sites (N-methyl/N-ethyl adjacent to an activating group) is 1. The summed E-state index contributed by atoms with van der Waals surface area (Å²) in [6.07, 6.45) is 0.674. The molecule has 1 aromatic rings. The third-order valence-corrected chi connectivity index (χ3v) is 4.78. The number of piperazine rings is 1. The first-order valence-electron chi connectivity index (χ1n) is 8.39. The van der Waals surface area contributed by atoms with Crippen molar-refractivity contribution in [1.29, 1.82) is 0 Å². The number of nitrogens with one attached hydrogen (secondary N) is 2. The van der Waals surface area contributed by atoms with Crippen LogP contribution in [0.15, 0.2) is 18.2 Å². The zero-order valence-electron chi connectivity index (χ0n) is 13.8. The van der Waals surface area contributed by atoms with E-state index in [1.54, 1.807) is 0 Å². The average Bonchev–Trinajstić information content (AvgIpc) is 2.98. The Morgan fingerprint density at radius 1 is 1.29 bits per heavy atom. The van der Waals surface area contributed by atoms with Gasteiger partial charge in [0.25, 0.3) is 0 Å². The smallest absolute Gasteiger partial charge is 0.245 e. The van der Waals surface area contributed by atoms with Gasteiger partial charge in [-0.1, -0.05) is 11.6 Å². The summed E-state index contributed by atoms with van der Waals surface area (Å²) in [4.78, 5) is 28.3. The fraction of sp³-hybridized carbons (Fsp3) is 0.529. The van der Waals surface area contributed by atoms with Crippen molar-refractivity contribution in [3.05, 3.63) is 28.8 Å². The van der Waals surface area contributed by atoms with Crippen molar-refractivity contribution in [2.75, 3.05) is 44.6 Å². The molecule has 0 aromatic heterocycles. The number of anilines is 1. The molecule has 130 valence electrons. The van der Waals surface area contributed by atoms with Crippen molar-refractivity contribution < 1.29 is 9.59 Å². The lowest BCUT2D eigenvalue weighted by molar-refractivity contribution is -0.133. The molecular weight excluding hydrogens is 328 g/mol. The maximum Gasteiger partial charge on any atom is 0.245 e. The third-order valence-electron chi connectivity index (χ3n) is 4.54. The highest BCUT2D eigenvalue weighted by Crippen LogP contribution is 2.29. The number of amides is 2. The van der Waals surface area contributed by atoms with E-state index in [0.29, 0.717) is 37.6 Å². The molecule has 2 N–H and O–H groups in total. The SMILES string of the molecule is CCNC(=O)CN1CCN(C(=O)[C@H]2Cc3cc(Cl)ccc3N2)CC1. The van der Waals surface area contributed by atoms with Crippen molar-refractivity contribution in [3.8, 4) is 0 Å². The van der Waals surface area contributed by atoms with Gasteiger partial charge in [0.2, 0.25) is 11.8 Å². The van der Waals surface area contributed by atoms with Crippen LogP contribution < -0.4 is 10.6 Å². The molecule has 2 aliphatic rings. The highest BCUT2D eigenvalue weighted by atomic mass is 35.5. The van der Waals surface area contributed by atoms with Gasteiger partial charge in [0.1, 0.15) is 6.04 Å². The summed E-state index contributed by atoms with van der Waals surface area (Å²) in [5.41, 5.74) is 2.09. The lowest BCUT2D eigenvalue weighted by Crippen LogP contribution is -2.54. The van der Waals surface area contributed by atoms with E-state index in [1.807, 2.05) is 30.0 Å². The molecule has 1 aromatic carbocycles. The lowest BCUT2D eigenvalue weighted by atomic mass is 10.1. The van der Waals surface area contributed by atoms with Gasteiger partial charge in [-0.2, -0.15) is 0 Å². The Morgan fingerprint density at radius 3 is 2.75 bits per heavy atom. The third kappa shape index (κ3) is 3.82. The van der Waals surface area contributed by atoms with Crippen LogP contribution in [0.3, 0.4) is 0 Å². The minimum absolute atomic E-state index is 0.0436. The highest BCUT2D eigenvalue weighted by molar-refractivity contribution is 6.30. The molecule has 2 heterocycles. The van der Waals surface area contributed by atoms with Crippen molar-refractivity contribution in [2.45, 2.75) is 19.4 Å². The molecule has 1 saturated heterocycles. The summed E-state index contributed by atoms with van der Waals surface area (Å²) in [6.45, 7) is 5.74. The second-order valence-electron chi connectivity index (χ2n) is 6.26. The number of rotatable bonds is 4. The average molecular weight is 351 g/mol. The number of nitrogens with zero attached hydrogens (tertiary/aromatic N) is 2. The Morgan fingerprint density at radius 2 is 2.04 bits per heavy atom. The molecule has 0 spiro atoms. The minimum Gasteiger partial charge on any atom is -0.373 e. The van der Waals surface area contributed by atoms with Gasteiger partial charge < -0.3 is 15.5 Å². The zero-order chi connectivity index (χ0) is 17.1. The Hall–Kier alpha value is -1.79. The molecule has 0 saturated carbocycles. The van der Waals surface area contributed by atoms with Gasteiger partial charge in [-0.25, -0.2) is 0 Å². The molecule has 2 amide bonds. The predicted octanol–water partition coefficient (Wildman–Crippen LogP) is 0.957. The first kappa shape index (κ1) is 17.0. The van der Waals surface area contributed by atoms with Gasteiger partial charge in [-0.3, -0.25) is 14.5 Å². The summed E-state index contributed by atoms with van der Waals surface area (Å²) >= 11 is 6.02. The van der Waals surface area contributed by atoms with Crippen LogP contribution in [0, 0.1) is 0 Å². The largest absolute Gasteiger partial charge is 0.373 e. The van der Waals surface area contributed by atoms with Crippen LogP contribution in [0.2, 0.25) is 5.02 Å². The first-order chi connectivity index (χ1) is 11.6. The predicted molar refractivity (Wildman–Crippen MR) is 94.3 cm³/mol. The van der Waals surface area contributed by atoms with Crippen LogP contribution >= 0.6 is 11.6 Å². The van der Waals surface area contributed by atoms with Crippen molar-refractivity contribution in [3.63, 3.8) is 0 Å².